The number of rotatable bonds is 7. The van der Waals surface area contributed by atoms with Gasteiger partial charge >= 0.3 is 17.3 Å². The highest BCUT2D eigenvalue weighted by molar-refractivity contribution is 6.30. The molecular formula is C22H22ClFN4O5. The Kier molecular flexibility index (Phi) is 7.17. The van der Waals surface area contributed by atoms with E-state index in [1.165, 1.54) is 19.1 Å². The molecule has 1 aromatic heterocycles. The molecule has 1 unspecified atom stereocenters. The van der Waals surface area contributed by atoms with E-state index in [2.05, 4.69) is 9.98 Å². The predicted octanol–water partition coefficient (Wildman–Crippen LogP) is 2.84. The zero-order chi connectivity index (χ0) is 24.3. The smallest absolute Gasteiger partial charge is 0.336 e. The Balaban J connectivity index is 2.20. The number of aromatic nitrogens is 3. The van der Waals surface area contributed by atoms with Gasteiger partial charge in [0.1, 0.15) is 6.04 Å². The lowest BCUT2D eigenvalue weighted by molar-refractivity contribution is -0.140. The number of ether oxygens (including phenoxy) is 1. The van der Waals surface area contributed by atoms with Crippen molar-refractivity contribution in [3.05, 3.63) is 85.5 Å². The molecule has 1 heterocycles. The van der Waals surface area contributed by atoms with Gasteiger partial charge in [-0.1, -0.05) is 23.7 Å². The first-order valence-corrected chi connectivity index (χ1v) is 10.4. The van der Waals surface area contributed by atoms with E-state index in [4.69, 9.17) is 16.3 Å². The number of aromatic amines is 1. The Morgan fingerprint density at radius 2 is 1.85 bits per heavy atom. The summed E-state index contributed by atoms with van der Waals surface area (Å²) in [6, 6.07) is 9.15. The molecule has 9 nitrogen and oxygen atoms in total. The van der Waals surface area contributed by atoms with Gasteiger partial charge in [-0.25, -0.2) is 28.3 Å². The van der Waals surface area contributed by atoms with Crippen LogP contribution in [0.1, 0.15) is 32.4 Å². The molecule has 2 N–H and O–H groups in total. The molecule has 0 saturated carbocycles. The first-order chi connectivity index (χ1) is 15.6. The Labute approximate surface area is 192 Å². The maximum Gasteiger partial charge on any atom is 0.336 e. The molecule has 33 heavy (non-hydrogen) atoms. The van der Waals surface area contributed by atoms with E-state index in [1.54, 1.807) is 38.1 Å². The largest absolute Gasteiger partial charge is 0.488 e. The van der Waals surface area contributed by atoms with Gasteiger partial charge in [-0.2, -0.15) is 0 Å². The van der Waals surface area contributed by atoms with Gasteiger partial charge in [-0.05, 0) is 50.6 Å². The Morgan fingerprint density at radius 3 is 2.42 bits per heavy atom. The Morgan fingerprint density at radius 1 is 1.18 bits per heavy atom. The first-order valence-electron chi connectivity index (χ1n) is 10.0. The average Bonchev–Trinajstić information content (AvgIpc) is 2.73. The number of benzene rings is 2. The minimum atomic E-state index is -1.42. The second-order valence-electron chi connectivity index (χ2n) is 7.53. The topological polar surface area (TPSA) is 119 Å². The molecule has 0 saturated heterocycles. The molecule has 0 aliphatic rings. The standard InChI is InChI=1S/C22H22ClFN4O5/c1-12(2)33-18-9-8-16(10-17(18)24)25-20-26-21(31)28(13(3)19(29)30)22(32)27(20)11-14-4-6-15(23)7-5-14/h4-10,12-13H,11H2,1-3H3,(H,29,30)(H,25,26,31). The van der Waals surface area contributed by atoms with Crippen LogP contribution in [-0.4, -0.2) is 31.3 Å². The second-order valence-corrected chi connectivity index (χ2v) is 7.96. The van der Waals surface area contributed by atoms with Crippen molar-refractivity contribution in [1.82, 2.24) is 14.1 Å². The lowest BCUT2D eigenvalue weighted by Crippen LogP contribution is -2.52. The van der Waals surface area contributed by atoms with Crippen LogP contribution in [0.4, 0.5) is 10.1 Å². The molecule has 0 bridgehead atoms. The molecule has 11 heteroatoms. The van der Waals surface area contributed by atoms with Crippen LogP contribution in [-0.2, 0) is 11.3 Å². The summed E-state index contributed by atoms with van der Waals surface area (Å²) < 4.78 is 21.5. The highest BCUT2D eigenvalue weighted by Crippen LogP contribution is 2.23. The van der Waals surface area contributed by atoms with E-state index in [0.717, 1.165) is 10.6 Å². The molecule has 0 fully saturated rings. The van der Waals surface area contributed by atoms with E-state index >= 15 is 0 Å². The third kappa shape index (κ3) is 5.58. The third-order valence-corrected chi connectivity index (χ3v) is 4.89. The SMILES string of the molecule is CC(C)Oc1ccc(/N=c2\[nH]c(=O)n(C(C)C(=O)O)c(=O)n2Cc2ccc(Cl)cc2)cc1F. The molecule has 0 spiro atoms. The molecule has 3 rings (SSSR count). The van der Waals surface area contributed by atoms with Crippen molar-refractivity contribution in [2.75, 3.05) is 0 Å². The summed E-state index contributed by atoms with van der Waals surface area (Å²) in [6.45, 7) is 4.69. The molecule has 3 aromatic rings. The van der Waals surface area contributed by atoms with Crippen molar-refractivity contribution < 1.29 is 19.0 Å². The van der Waals surface area contributed by atoms with Gasteiger partial charge in [0.2, 0.25) is 5.62 Å². The van der Waals surface area contributed by atoms with Crippen molar-refractivity contribution in [1.29, 1.82) is 0 Å². The Bertz CT molecular complexity index is 1360. The zero-order valence-electron chi connectivity index (χ0n) is 18.1. The fraction of sp³-hybridized carbons (Fsp3) is 0.273. The van der Waals surface area contributed by atoms with Crippen molar-refractivity contribution in [3.63, 3.8) is 0 Å². The van der Waals surface area contributed by atoms with Crippen molar-refractivity contribution >= 4 is 23.3 Å². The lowest BCUT2D eigenvalue weighted by Gasteiger charge is -2.14. The van der Waals surface area contributed by atoms with Gasteiger partial charge < -0.3 is 9.84 Å². The number of nitrogens with one attached hydrogen (secondary N) is 1. The summed E-state index contributed by atoms with van der Waals surface area (Å²) in [5.41, 5.74) is -1.26. The van der Waals surface area contributed by atoms with Gasteiger partial charge in [0.05, 0.1) is 18.3 Å². The number of halogens is 2. The van der Waals surface area contributed by atoms with Crippen molar-refractivity contribution in [2.24, 2.45) is 4.99 Å². The van der Waals surface area contributed by atoms with E-state index in [9.17, 15) is 23.9 Å². The van der Waals surface area contributed by atoms with Crippen LogP contribution in [0.5, 0.6) is 5.75 Å². The summed E-state index contributed by atoms with van der Waals surface area (Å²) in [4.78, 5) is 43.7. The highest BCUT2D eigenvalue weighted by atomic mass is 35.5. The van der Waals surface area contributed by atoms with Crippen LogP contribution in [0, 0.1) is 5.82 Å². The van der Waals surface area contributed by atoms with Crippen molar-refractivity contribution in [3.8, 4) is 5.75 Å². The quantitative estimate of drug-likeness (QED) is 0.543. The van der Waals surface area contributed by atoms with Gasteiger partial charge in [0.15, 0.2) is 11.6 Å². The predicted molar refractivity (Wildman–Crippen MR) is 120 cm³/mol. The Hall–Kier alpha value is -3.66. The van der Waals surface area contributed by atoms with E-state index in [1.807, 2.05) is 0 Å². The summed E-state index contributed by atoms with van der Waals surface area (Å²) in [5.74, 6) is -1.98. The van der Waals surface area contributed by atoms with Crippen LogP contribution in [0.15, 0.2) is 57.0 Å². The summed E-state index contributed by atoms with van der Waals surface area (Å²) in [5, 5.41) is 9.80. The van der Waals surface area contributed by atoms with Crippen LogP contribution in [0.3, 0.4) is 0 Å². The van der Waals surface area contributed by atoms with Gasteiger partial charge in [-0.3, -0.25) is 9.55 Å². The number of hydrogen-bond acceptors (Lipinski definition) is 5. The molecular weight excluding hydrogens is 455 g/mol. The third-order valence-electron chi connectivity index (χ3n) is 4.64. The van der Waals surface area contributed by atoms with Crippen molar-refractivity contribution in [2.45, 2.75) is 39.5 Å². The number of H-pyrrole nitrogens is 1. The number of aliphatic carboxylic acids is 1. The number of carboxylic acid groups (broad SMARTS) is 1. The normalized spacial score (nSPS) is 12.7. The van der Waals surface area contributed by atoms with Crippen LogP contribution < -0.4 is 21.7 Å². The van der Waals surface area contributed by atoms with Gasteiger partial charge in [-0.15, -0.1) is 0 Å². The molecule has 0 radical (unpaired) electrons. The molecule has 0 aliphatic heterocycles. The summed E-state index contributed by atoms with van der Waals surface area (Å²) in [7, 11) is 0. The minimum absolute atomic E-state index is 0.0391. The molecule has 1 atom stereocenters. The average molecular weight is 477 g/mol. The fourth-order valence-corrected chi connectivity index (χ4v) is 3.14. The molecule has 174 valence electrons. The van der Waals surface area contributed by atoms with E-state index in [0.29, 0.717) is 15.2 Å². The second kappa shape index (κ2) is 9.86. The summed E-state index contributed by atoms with van der Waals surface area (Å²) in [6.07, 6.45) is -0.232. The van der Waals surface area contributed by atoms with Crippen LogP contribution in [0.25, 0.3) is 0 Å². The summed E-state index contributed by atoms with van der Waals surface area (Å²) >= 11 is 5.92. The van der Waals surface area contributed by atoms with E-state index in [-0.39, 0.29) is 29.7 Å². The molecule has 2 aromatic carbocycles. The first kappa shape index (κ1) is 24.0. The number of carbonyl (C=O) groups is 1. The maximum atomic E-state index is 14.4. The maximum absolute atomic E-state index is 14.4. The fourth-order valence-electron chi connectivity index (χ4n) is 3.02. The highest BCUT2D eigenvalue weighted by Gasteiger charge is 2.20. The minimum Gasteiger partial charge on any atom is -0.488 e. The number of hydrogen-bond donors (Lipinski definition) is 2. The monoisotopic (exact) mass is 476 g/mol. The molecule has 0 amide bonds. The van der Waals surface area contributed by atoms with Gasteiger partial charge in [0.25, 0.3) is 0 Å². The van der Waals surface area contributed by atoms with Gasteiger partial charge in [0, 0.05) is 11.1 Å². The molecule has 0 aliphatic carbocycles. The van der Waals surface area contributed by atoms with Crippen LogP contribution in [0.2, 0.25) is 5.02 Å². The lowest BCUT2D eigenvalue weighted by atomic mass is 10.2. The van der Waals surface area contributed by atoms with Crippen LogP contribution >= 0.6 is 11.6 Å². The number of nitrogens with zero attached hydrogens (tertiary/aromatic N) is 3. The zero-order valence-corrected chi connectivity index (χ0v) is 18.8. The number of carboxylic acids is 1. The van der Waals surface area contributed by atoms with E-state index < -0.39 is 29.2 Å².